The van der Waals surface area contributed by atoms with Crippen LogP contribution in [0.2, 0.25) is 0 Å². The predicted octanol–water partition coefficient (Wildman–Crippen LogP) is 2.59. The topological polar surface area (TPSA) is 79.8 Å². The van der Waals surface area contributed by atoms with Crippen molar-refractivity contribution in [2.75, 3.05) is 20.2 Å². The van der Waals surface area contributed by atoms with Gasteiger partial charge in [-0.15, -0.1) is 11.3 Å². The van der Waals surface area contributed by atoms with E-state index in [-0.39, 0.29) is 30.9 Å². The van der Waals surface area contributed by atoms with E-state index in [1.165, 1.54) is 4.90 Å². The molecule has 1 saturated heterocycles. The number of fused-ring (bicyclic) bond motifs is 1. The van der Waals surface area contributed by atoms with Crippen LogP contribution in [0.25, 0.3) is 10.2 Å². The van der Waals surface area contributed by atoms with Gasteiger partial charge in [0.25, 0.3) is 5.91 Å². The Morgan fingerprint density at radius 3 is 2.79 bits per heavy atom. The smallest absolute Gasteiger partial charge is 0.311 e. The normalized spacial score (nSPS) is 19.8. The van der Waals surface area contributed by atoms with Crippen molar-refractivity contribution in [2.45, 2.75) is 44.7 Å². The molecule has 1 aromatic carbocycles. The fraction of sp³-hybridized carbons (Fsp3) is 0.524. The van der Waals surface area contributed by atoms with Crippen LogP contribution in [0.15, 0.2) is 24.3 Å². The molecule has 1 aliphatic carbocycles. The van der Waals surface area contributed by atoms with Crippen molar-refractivity contribution < 1.29 is 19.1 Å². The molecule has 2 aromatic rings. The molecule has 7 nitrogen and oxygen atoms in total. The van der Waals surface area contributed by atoms with E-state index in [1.807, 2.05) is 29.2 Å². The van der Waals surface area contributed by atoms with Crippen LogP contribution >= 0.6 is 11.3 Å². The Morgan fingerprint density at radius 2 is 2.03 bits per heavy atom. The average Bonchev–Trinajstić information content (AvgIpc) is 3.44. The zero-order valence-electron chi connectivity index (χ0n) is 16.5. The second-order valence-electron chi connectivity index (χ2n) is 7.82. The minimum atomic E-state index is -0.467. The molecule has 1 atom stereocenters. The highest BCUT2D eigenvalue weighted by Gasteiger charge is 2.39. The van der Waals surface area contributed by atoms with Gasteiger partial charge in [-0.3, -0.25) is 14.4 Å². The molecule has 29 heavy (non-hydrogen) atoms. The third kappa shape index (κ3) is 4.42. The van der Waals surface area contributed by atoms with Gasteiger partial charge < -0.3 is 14.5 Å². The number of ether oxygens (including phenoxy) is 1. The summed E-state index contributed by atoms with van der Waals surface area (Å²) in [5.41, 5.74) is 0.914. The lowest BCUT2D eigenvalue weighted by atomic mass is 10.1. The Bertz CT molecular complexity index is 889. The fourth-order valence-corrected chi connectivity index (χ4v) is 5.12. The maximum Gasteiger partial charge on any atom is 0.311 e. The summed E-state index contributed by atoms with van der Waals surface area (Å²) in [5, 5.41) is 0.835. The minimum Gasteiger partial charge on any atom is -0.455 e. The summed E-state index contributed by atoms with van der Waals surface area (Å²) in [6.07, 6.45) is 4.49. The summed E-state index contributed by atoms with van der Waals surface area (Å²) in [6, 6.07) is 8.10. The third-order valence-electron chi connectivity index (χ3n) is 5.73. The van der Waals surface area contributed by atoms with E-state index in [0.29, 0.717) is 13.1 Å². The van der Waals surface area contributed by atoms with Gasteiger partial charge in [0.05, 0.1) is 22.7 Å². The number of thiazole rings is 1. The van der Waals surface area contributed by atoms with E-state index in [0.717, 1.165) is 40.9 Å². The summed E-state index contributed by atoms with van der Waals surface area (Å²) in [4.78, 5) is 44.8. The molecule has 0 unspecified atom stereocenters. The first-order valence-corrected chi connectivity index (χ1v) is 10.9. The Labute approximate surface area is 173 Å². The van der Waals surface area contributed by atoms with Crippen molar-refractivity contribution in [3.8, 4) is 0 Å². The number of hydrogen-bond acceptors (Lipinski definition) is 6. The summed E-state index contributed by atoms with van der Waals surface area (Å²) in [5.74, 6) is -1.18. The Balaban J connectivity index is 1.26. The van der Waals surface area contributed by atoms with Crippen molar-refractivity contribution in [2.24, 2.45) is 5.92 Å². The van der Waals surface area contributed by atoms with Gasteiger partial charge in [-0.2, -0.15) is 0 Å². The van der Waals surface area contributed by atoms with Gasteiger partial charge >= 0.3 is 5.97 Å². The van der Waals surface area contributed by atoms with E-state index < -0.39 is 11.9 Å². The standard InChI is InChI=1S/C21H25N3O4S/c1-23(12-18-22-16-8-4-5-9-17(16)29-18)20(26)13-28-21(27)14-10-19(25)24(11-14)15-6-2-3-7-15/h4-5,8-9,14-15H,2-3,6-7,10-13H2,1H3/t14-/m1/s1. The monoisotopic (exact) mass is 415 g/mol. The van der Waals surface area contributed by atoms with Crippen LogP contribution in [-0.2, 0) is 25.7 Å². The first kappa shape index (κ1) is 19.8. The predicted molar refractivity (Wildman–Crippen MR) is 109 cm³/mol. The molecule has 0 radical (unpaired) electrons. The second kappa shape index (κ2) is 8.49. The molecular formula is C21H25N3O4S. The van der Waals surface area contributed by atoms with Crippen LogP contribution in [0.5, 0.6) is 0 Å². The molecular weight excluding hydrogens is 390 g/mol. The van der Waals surface area contributed by atoms with E-state index in [9.17, 15) is 14.4 Å². The molecule has 8 heteroatoms. The quantitative estimate of drug-likeness (QED) is 0.678. The number of nitrogens with zero attached hydrogens (tertiary/aromatic N) is 3. The van der Waals surface area contributed by atoms with Crippen molar-refractivity contribution in [1.82, 2.24) is 14.8 Å². The highest BCUT2D eigenvalue weighted by Crippen LogP contribution is 2.30. The summed E-state index contributed by atoms with van der Waals surface area (Å²) >= 11 is 1.54. The van der Waals surface area contributed by atoms with E-state index in [1.54, 1.807) is 18.4 Å². The SMILES string of the molecule is CN(Cc1nc2ccccc2s1)C(=O)COC(=O)[C@@H]1CC(=O)N(C2CCCC2)C1. The van der Waals surface area contributed by atoms with Crippen LogP contribution < -0.4 is 0 Å². The summed E-state index contributed by atoms with van der Waals surface area (Å²) in [7, 11) is 1.67. The van der Waals surface area contributed by atoms with Crippen LogP contribution in [0.1, 0.15) is 37.1 Å². The number of carbonyl (C=O) groups excluding carboxylic acids is 3. The van der Waals surface area contributed by atoms with Gasteiger partial charge in [0.15, 0.2) is 6.61 Å². The highest BCUT2D eigenvalue weighted by atomic mass is 32.1. The number of likely N-dealkylation sites (N-methyl/N-ethyl adjacent to an activating group) is 1. The number of hydrogen-bond donors (Lipinski definition) is 0. The van der Waals surface area contributed by atoms with Crippen molar-refractivity contribution in [1.29, 1.82) is 0 Å². The zero-order chi connectivity index (χ0) is 20.4. The van der Waals surface area contributed by atoms with Gasteiger partial charge in [0, 0.05) is 26.1 Å². The first-order chi connectivity index (χ1) is 14.0. The van der Waals surface area contributed by atoms with Crippen LogP contribution in [0.4, 0.5) is 0 Å². The maximum atomic E-state index is 12.4. The molecule has 2 heterocycles. The van der Waals surface area contributed by atoms with E-state index in [2.05, 4.69) is 4.98 Å². The fourth-order valence-electron chi connectivity index (χ4n) is 4.10. The Kier molecular flexibility index (Phi) is 5.80. The number of rotatable bonds is 6. The molecule has 2 amide bonds. The Morgan fingerprint density at radius 1 is 1.28 bits per heavy atom. The summed E-state index contributed by atoms with van der Waals surface area (Å²) < 4.78 is 6.32. The second-order valence-corrected chi connectivity index (χ2v) is 8.93. The van der Waals surface area contributed by atoms with Gasteiger partial charge in [-0.05, 0) is 25.0 Å². The van der Waals surface area contributed by atoms with E-state index in [4.69, 9.17) is 4.74 Å². The van der Waals surface area contributed by atoms with Crippen LogP contribution in [0.3, 0.4) is 0 Å². The number of esters is 1. The maximum absolute atomic E-state index is 12.4. The number of para-hydroxylation sites is 1. The lowest BCUT2D eigenvalue weighted by molar-refractivity contribution is -0.155. The van der Waals surface area contributed by atoms with Gasteiger partial charge in [0.2, 0.25) is 5.91 Å². The number of aromatic nitrogens is 1. The first-order valence-electron chi connectivity index (χ1n) is 10.1. The van der Waals surface area contributed by atoms with Gasteiger partial charge in [0.1, 0.15) is 5.01 Å². The van der Waals surface area contributed by atoms with Crippen molar-refractivity contribution >= 4 is 39.3 Å². The molecule has 2 aliphatic rings. The largest absolute Gasteiger partial charge is 0.455 e. The lowest BCUT2D eigenvalue weighted by Crippen LogP contribution is -2.35. The number of benzene rings is 1. The number of likely N-dealkylation sites (tertiary alicyclic amines) is 1. The molecule has 154 valence electrons. The van der Waals surface area contributed by atoms with Crippen LogP contribution in [0, 0.1) is 5.92 Å². The van der Waals surface area contributed by atoms with Crippen LogP contribution in [-0.4, -0.2) is 58.8 Å². The molecule has 2 fully saturated rings. The highest BCUT2D eigenvalue weighted by molar-refractivity contribution is 7.18. The molecule has 0 spiro atoms. The van der Waals surface area contributed by atoms with Gasteiger partial charge in [-0.25, -0.2) is 4.98 Å². The van der Waals surface area contributed by atoms with E-state index >= 15 is 0 Å². The molecule has 4 rings (SSSR count). The molecule has 1 aromatic heterocycles. The minimum absolute atomic E-state index is 0.0260. The number of carbonyl (C=O) groups is 3. The lowest BCUT2D eigenvalue weighted by Gasteiger charge is -2.23. The molecule has 1 saturated carbocycles. The van der Waals surface area contributed by atoms with Crippen molar-refractivity contribution in [3.63, 3.8) is 0 Å². The Hall–Kier alpha value is -2.48. The molecule has 1 aliphatic heterocycles. The number of amides is 2. The molecule has 0 N–H and O–H groups in total. The van der Waals surface area contributed by atoms with Crippen molar-refractivity contribution in [3.05, 3.63) is 29.3 Å². The molecule has 0 bridgehead atoms. The zero-order valence-corrected chi connectivity index (χ0v) is 17.3. The average molecular weight is 416 g/mol. The van der Waals surface area contributed by atoms with Gasteiger partial charge in [-0.1, -0.05) is 25.0 Å². The third-order valence-corrected chi connectivity index (χ3v) is 6.75. The summed E-state index contributed by atoms with van der Waals surface area (Å²) in [6.45, 7) is 0.472.